The zero-order valence-electron chi connectivity index (χ0n) is 23.6. The molecule has 2 aromatic carbocycles. The molecule has 0 saturated heterocycles. The standard InChI is InChI=1S/C28H39N7O7/c1-17(27(40)41)32-25(38)22(15-18-8-4-3-5-9-18)34-24(37)21(12-7-13-31-28(29)30)33-26(39)23(35-42-2)16-19-10-6-11-20(36)14-19/h3-6,8-11,14,17,21-23,35-36H,7,12-13,15-16H2,1-2H3,(H,32,38)(H,33,39)(H,34,37)(H,40,41)(H4,29,30,31)/t17-,21-,22-,23-/m0/s1. The van der Waals surface area contributed by atoms with Gasteiger partial charge in [-0.2, -0.15) is 5.48 Å². The fourth-order valence-corrected chi connectivity index (χ4v) is 4.00. The first kappa shape index (κ1) is 33.5. The minimum Gasteiger partial charge on any atom is -0.508 e. The van der Waals surface area contributed by atoms with E-state index in [4.69, 9.17) is 16.3 Å². The molecule has 4 atom stereocenters. The summed E-state index contributed by atoms with van der Waals surface area (Å²) >= 11 is 0. The topological polar surface area (TPSA) is 230 Å². The van der Waals surface area contributed by atoms with Crippen LogP contribution in [0.15, 0.2) is 59.6 Å². The van der Waals surface area contributed by atoms with Gasteiger partial charge in [0.1, 0.15) is 29.9 Å². The van der Waals surface area contributed by atoms with Gasteiger partial charge in [-0.25, -0.2) is 0 Å². The predicted molar refractivity (Wildman–Crippen MR) is 155 cm³/mol. The second-order valence-corrected chi connectivity index (χ2v) is 9.58. The number of benzene rings is 2. The number of phenols is 1. The van der Waals surface area contributed by atoms with Crippen molar-refractivity contribution in [3.63, 3.8) is 0 Å². The van der Waals surface area contributed by atoms with E-state index in [-0.39, 0.29) is 37.5 Å². The molecule has 42 heavy (non-hydrogen) atoms. The molecule has 3 amide bonds. The van der Waals surface area contributed by atoms with Crippen LogP contribution < -0.4 is 32.9 Å². The number of carbonyl (C=O) groups is 4. The number of aliphatic imine (C=N–C) groups is 1. The lowest BCUT2D eigenvalue weighted by Gasteiger charge is -2.25. The van der Waals surface area contributed by atoms with Gasteiger partial charge in [-0.1, -0.05) is 42.5 Å². The van der Waals surface area contributed by atoms with Crippen LogP contribution in [-0.2, 0) is 36.9 Å². The van der Waals surface area contributed by atoms with Crippen LogP contribution in [0.25, 0.3) is 0 Å². The fourth-order valence-electron chi connectivity index (χ4n) is 4.00. The predicted octanol–water partition coefficient (Wildman–Crippen LogP) is -0.690. The number of hydrogen-bond donors (Lipinski definition) is 8. The van der Waals surface area contributed by atoms with Crippen molar-refractivity contribution in [2.24, 2.45) is 16.5 Å². The molecule has 0 aromatic heterocycles. The third-order valence-electron chi connectivity index (χ3n) is 6.15. The number of aromatic hydroxyl groups is 1. The lowest BCUT2D eigenvalue weighted by atomic mass is 10.0. The second-order valence-electron chi connectivity index (χ2n) is 9.58. The Morgan fingerprint density at radius 2 is 1.45 bits per heavy atom. The van der Waals surface area contributed by atoms with Gasteiger partial charge in [-0.3, -0.25) is 24.2 Å². The minimum absolute atomic E-state index is 0.0287. The number of carbonyl (C=O) groups excluding carboxylic acids is 3. The van der Waals surface area contributed by atoms with Crippen molar-refractivity contribution in [3.8, 4) is 5.75 Å². The normalized spacial score (nSPS) is 13.6. The number of nitrogens with two attached hydrogens (primary N) is 2. The zero-order chi connectivity index (χ0) is 31.1. The number of carboxylic acids is 1. The van der Waals surface area contributed by atoms with E-state index in [1.54, 1.807) is 42.5 Å². The van der Waals surface area contributed by atoms with Gasteiger partial charge in [0.05, 0.1) is 7.11 Å². The number of nitrogens with one attached hydrogen (secondary N) is 4. The van der Waals surface area contributed by atoms with Crippen molar-refractivity contribution in [1.29, 1.82) is 0 Å². The van der Waals surface area contributed by atoms with Gasteiger partial charge in [-0.15, -0.1) is 0 Å². The second kappa shape index (κ2) is 17.2. The minimum atomic E-state index is -1.23. The lowest BCUT2D eigenvalue weighted by Crippen LogP contribution is -2.57. The Labute approximate surface area is 243 Å². The van der Waals surface area contributed by atoms with Crippen LogP contribution in [0.5, 0.6) is 5.75 Å². The van der Waals surface area contributed by atoms with E-state index >= 15 is 0 Å². The van der Waals surface area contributed by atoms with E-state index in [1.807, 2.05) is 0 Å². The number of nitrogens with zero attached hydrogens (tertiary/aromatic N) is 1. The number of hydrogen-bond acceptors (Lipinski definition) is 8. The van der Waals surface area contributed by atoms with Crippen LogP contribution in [-0.4, -0.2) is 77.7 Å². The fraction of sp³-hybridized carbons (Fsp3) is 0.393. The van der Waals surface area contributed by atoms with E-state index in [0.717, 1.165) is 5.56 Å². The van der Waals surface area contributed by atoms with Gasteiger partial charge in [0.25, 0.3) is 0 Å². The highest BCUT2D eigenvalue weighted by Crippen LogP contribution is 2.13. The summed E-state index contributed by atoms with van der Waals surface area (Å²) in [6.07, 6.45) is 0.634. The molecular formula is C28H39N7O7. The van der Waals surface area contributed by atoms with Gasteiger partial charge in [0.2, 0.25) is 17.7 Å². The average molecular weight is 586 g/mol. The lowest BCUT2D eigenvalue weighted by molar-refractivity contribution is -0.141. The molecule has 0 aliphatic heterocycles. The van der Waals surface area contributed by atoms with E-state index in [9.17, 15) is 29.4 Å². The highest BCUT2D eigenvalue weighted by molar-refractivity contribution is 5.94. The van der Waals surface area contributed by atoms with Crippen molar-refractivity contribution in [2.45, 2.75) is 56.8 Å². The van der Waals surface area contributed by atoms with Gasteiger partial charge >= 0.3 is 5.97 Å². The van der Waals surface area contributed by atoms with E-state index < -0.39 is 47.9 Å². The Hall–Kier alpha value is -4.69. The molecule has 0 spiro atoms. The van der Waals surface area contributed by atoms with Crippen LogP contribution in [0.2, 0.25) is 0 Å². The number of amides is 3. The first-order chi connectivity index (χ1) is 20.0. The number of hydroxylamine groups is 1. The third-order valence-corrected chi connectivity index (χ3v) is 6.15. The highest BCUT2D eigenvalue weighted by atomic mass is 16.6. The zero-order valence-corrected chi connectivity index (χ0v) is 23.6. The molecule has 14 heteroatoms. The summed E-state index contributed by atoms with van der Waals surface area (Å²) in [5.41, 5.74) is 14.8. The Bertz CT molecular complexity index is 1220. The molecular weight excluding hydrogens is 546 g/mol. The summed E-state index contributed by atoms with van der Waals surface area (Å²) < 4.78 is 0. The number of rotatable bonds is 17. The molecule has 2 rings (SSSR count). The maximum atomic E-state index is 13.5. The van der Waals surface area contributed by atoms with Crippen molar-refractivity contribution >= 4 is 29.7 Å². The molecule has 10 N–H and O–H groups in total. The molecule has 0 bridgehead atoms. The van der Waals surface area contributed by atoms with Gasteiger partial charge in [0.15, 0.2) is 5.96 Å². The molecule has 0 heterocycles. The number of phenolic OH excluding ortho intramolecular Hbond substituents is 1. The molecule has 0 radical (unpaired) electrons. The summed E-state index contributed by atoms with van der Waals surface area (Å²) in [5.74, 6) is -3.27. The van der Waals surface area contributed by atoms with Crippen LogP contribution >= 0.6 is 0 Å². The highest BCUT2D eigenvalue weighted by Gasteiger charge is 2.30. The SMILES string of the molecule is CON[C@@H](Cc1cccc(O)c1)C(=O)N[C@@H](CCCN=C(N)N)C(=O)N[C@@H](Cc1ccccc1)C(=O)N[C@@H](C)C(=O)O. The summed E-state index contributed by atoms with van der Waals surface area (Å²) in [6.45, 7) is 1.50. The molecule has 0 aliphatic carbocycles. The third kappa shape index (κ3) is 11.8. The number of aliphatic carboxylic acids is 1. The number of guanidine groups is 1. The first-order valence-corrected chi connectivity index (χ1v) is 13.3. The van der Waals surface area contributed by atoms with Gasteiger partial charge < -0.3 is 42.5 Å². The largest absolute Gasteiger partial charge is 0.508 e. The molecule has 0 unspecified atom stereocenters. The molecule has 228 valence electrons. The quantitative estimate of drug-likeness (QED) is 0.0504. The Balaban J connectivity index is 2.26. The molecule has 0 saturated carbocycles. The average Bonchev–Trinajstić information content (AvgIpc) is 2.94. The molecule has 0 fully saturated rings. The van der Waals surface area contributed by atoms with Crippen molar-refractivity contribution in [1.82, 2.24) is 21.4 Å². The molecule has 2 aromatic rings. The molecule has 14 nitrogen and oxygen atoms in total. The maximum Gasteiger partial charge on any atom is 0.325 e. The summed E-state index contributed by atoms with van der Waals surface area (Å²) in [7, 11) is 1.34. The Kier molecular flexibility index (Phi) is 13.7. The van der Waals surface area contributed by atoms with E-state index in [2.05, 4.69) is 26.4 Å². The van der Waals surface area contributed by atoms with Crippen LogP contribution in [0.4, 0.5) is 0 Å². The van der Waals surface area contributed by atoms with E-state index in [0.29, 0.717) is 12.0 Å². The van der Waals surface area contributed by atoms with Gasteiger partial charge in [-0.05, 0) is 49.4 Å². The van der Waals surface area contributed by atoms with Crippen LogP contribution in [0.3, 0.4) is 0 Å². The van der Waals surface area contributed by atoms with Crippen molar-refractivity contribution in [3.05, 3.63) is 65.7 Å². The molecule has 0 aliphatic rings. The monoisotopic (exact) mass is 585 g/mol. The smallest absolute Gasteiger partial charge is 0.325 e. The van der Waals surface area contributed by atoms with Gasteiger partial charge in [0, 0.05) is 13.0 Å². The van der Waals surface area contributed by atoms with Crippen LogP contribution in [0, 0.1) is 0 Å². The number of carboxylic acid groups (broad SMARTS) is 1. The maximum absolute atomic E-state index is 13.5. The van der Waals surface area contributed by atoms with E-state index in [1.165, 1.54) is 26.2 Å². The van der Waals surface area contributed by atoms with Crippen molar-refractivity contribution < 1.29 is 34.2 Å². The summed E-state index contributed by atoms with van der Waals surface area (Å²) in [4.78, 5) is 60.1. The van der Waals surface area contributed by atoms with Crippen LogP contribution in [0.1, 0.15) is 30.9 Å². The summed E-state index contributed by atoms with van der Waals surface area (Å²) in [5, 5.41) is 26.8. The Morgan fingerprint density at radius 1 is 0.857 bits per heavy atom. The van der Waals surface area contributed by atoms with Crippen molar-refractivity contribution in [2.75, 3.05) is 13.7 Å². The Morgan fingerprint density at radius 3 is 2.07 bits per heavy atom. The summed E-state index contributed by atoms with van der Waals surface area (Å²) in [6, 6.07) is 10.9. The first-order valence-electron chi connectivity index (χ1n) is 13.3.